The molecular formula is C22H20N4O3S. The van der Waals surface area contributed by atoms with Crippen LogP contribution in [0.15, 0.2) is 58.5 Å². The summed E-state index contributed by atoms with van der Waals surface area (Å²) in [6.07, 6.45) is 1.49. The van der Waals surface area contributed by atoms with Crippen molar-refractivity contribution in [3.05, 3.63) is 65.6 Å². The lowest BCUT2D eigenvalue weighted by Gasteiger charge is -2.34. The minimum atomic E-state index is -0.140. The molecule has 0 radical (unpaired) electrons. The SMILES string of the molecule is Cn1c(-c2nc(C(=O)N3CCN(C(=O)c4ccco4)CC3)cs2)cc2ccccc21. The number of amides is 2. The summed E-state index contributed by atoms with van der Waals surface area (Å²) in [6.45, 7) is 1.91. The first-order valence-electron chi connectivity index (χ1n) is 9.74. The molecule has 1 fully saturated rings. The Kier molecular flexibility index (Phi) is 4.63. The lowest BCUT2D eigenvalue weighted by Crippen LogP contribution is -2.50. The fourth-order valence-electron chi connectivity index (χ4n) is 3.81. The summed E-state index contributed by atoms with van der Waals surface area (Å²) in [5, 5.41) is 3.79. The number of thiazole rings is 1. The average Bonchev–Trinajstić information content (AvgIpc) is 3.54. The maximum Gasteiger partial charge on any atom is 0.289 e. The lowest BCUT2D eigenvalue weighted by molar-refractivity contribution is 0.0515. The van der Waals surface area contributed by atoms with E-state index in [9.17, 15) is 9.59 Å². The maximum atomic E-state index is 12.9. The summed E-state index contributed by atoms with van der Waals surface area (Å²) in [5.74, 6) is 0.0917. The molecule has 0 aliphatic carbocycles. The summed E-state index contributed by atoms with van der Waals surface area (Å²) in [7, 11) is 2.01. The maximum absolute atomic E-state index is 12.9. The molecule has 1 aliphatic heterocycles. The average molecular weight is 420 g/mol. The fraction of sp³-hybridized carbons (Fsp3) is 0.227. The molecule has 0 N–H and O–H groups in total. The zero-order valence-corrected chi connectivity index (χ0v) is 17.3. The van der Waals surface area contributed by atoms with E-state index in [0.717, 1.165) is 21.6 Å². The van der Waals surface area contributed by atoms with Crippen molar-refractivity contribution < 1.29 is 14.0 Å². The van der Waals surface area contributed by atoms with Gasteiger partial charge in [0.1, 0.15) is 10.7 Å². The van der Waals surface area contributed by atoms with Gasteiger partial charge in [-0.05, 0) is 24.3 Å². The smallest absolute Gasteiger partial charge is 0.289 e. The molecule has 0 spiro atoms. The summed E-state index contributed by atoms with van der Waals surface area (Å²) < 4.78 is 7.28. The number of furan rings is 1. The molecule has 4 heterocycles. The molecule has 5 rings (SSSR count). The van der Waals surface area contributed by atoms with Crippen molar-refractivity contribution in [2.45, 2.75) is 0 Å². The predicted molar refractivity (Wildman–Crippen MR) is 115 cm³/mol. The van der Waals surface area contributed by atoms with Crippen LogP contribution in [0.25, 0.3) is 21.6 Å². The molecule has 1 aliphatic rings. The van der Waals surface area contributed by atoms with E-state index in [1.165, 1.54) is 17.6 Å². The highest BCUT2D eigenvalue weighted by Crippen LogP contribution is 2.29. The zero-order chi connectivity index (χ0) is 20.7. The van der Waals surface area contributed by atoms with Gasteiger partial charge in [0.05, 0.1) is 12.0 Å². The van der Waals surface area contributed by atoms with Crippen LogP contribution in [0.5, 0.6) is 0 Å². The second-order valence-corrected chi connectivity index (χ2v) is 8.11. The molecule has 2 amide bonds. The topological polar surface area (TPSA) is 71.6 Å². The molecule has 4 aromatic rings. The van der Waals surface area contributed by atoms with Crippen LogP contribution < -0.4 is 0 Å². The first-order chi connectivity index (χ1) is 14.6. The van der Waals surface area contributed by atoms with Gasteiger partial charge in [-0.25, -0.2) is 4.98 Å². The van der Waals surface area contributed by atoms with E-state index in [2.05, 4.69) is 27.8 Å². The number of fused-ring (bicyclic) bond motifs is 1. The first kappa shape index (κ1) is 18.6. The summed E-state index contributed by atoms with van der Waals surface area (Å²) in [4.78, 5) is 33.4. The molecule has 1 saturated heterocycles. The zero-order valence-electron chi connectivity index (χ0n) is 16.4. The van der Waals surface area contributed by atoms with Gasteiger partial charge in [-0.15, -0.1) is 11.3 Å². The van der Waals surface area contributed by atoms with E-state index in [0.29, 0.717) is 37.6 Å². The Morgan fingerprint density at radius 2 is 1.73 bits per heavy atom. The largest absolute Gasteiger partial charge is 0.459 e. The van der Waals surface area contributed by atoms with Crippen LogP contribution in [0.3, 0.4) is 0 Å². The summed E-state index contributed by atoms with van der Waals surface area (Å²) in [6, 6.07) is 13.6. The molecule has 0 unspecified atom stereocenters. The molecule has 30 heavy (non-hydrogen) atoms. The number of carbonyl (C=O) groups excluding carboxylic acids is 2. The van der Waals surface area contributed by atoms with Gasteiger partial charge in [0.2, 0.25) is 0 Å². The molecule has 3 aromatic heterocycles. The second-order valence-electron chi connectivity index (χ2n) is 7.25. The van der Waals surface area contributed by atoms with E-state index in [-0.39, 0.29) is 11.8 Å². The van der Waals surface area contributed by atoms with Gasteiger partial charge in [0.15, 0.2) is 5.76 Å². The molecule has 0 saturated carbocycles. The minimum absolute atomic E-state index is 0.0960. The Balaban J connectivity index is 1.29. The highest BCUT2D eigenvalue weighted by Gasteiger charge is 2.28. The third-order valence-electron chi connectivity index (χ3n) is 5.48. The number of aryl methyl sites for hydroxylation is 1. The first-order valence-corrected chi connectivity index (χ1v) is 10.6. The number of carbonyl (C=O) groups is 2. The van der Waals surface area contributed by atoms with Crippen LogP contribution in [0, 0.1) is 0 Å². The van der Waals surface area contributed by atoms with E-state index in [4.69, 9.17) is 4.42 Å². The molecule has 1 aromatic carbocycles. The molecule has 8 heteroatoms. The highest BCUT2D eigenvalue weighted by atomic mass is 32.1. The molecule has 152 valence electrons. The number of aromatic nitrogens is 2. The quantitative estimate of drug-likeness (QED) is 0.509. The molecule has 0 atom stereocenters. The Bertz CT molecular complexity index is 1220. The van der Waals surface area contributed by atoms with Gasteiger partial charge in [-0.3, -0.25) is 9.59 Å². The van der Waals surface area contributed by atoms with Crippen LogP contribution in [0.4, 0.5) is 0 Å². The second kappa shape index (κ2) is 7.46. The highest BCUT2D eigenvalue weighted by molar-refractivity contribution is 7.13. The number of benzene rings is 1. The van der Waals surface area contributed by atoms with Gasteiger partial charge in [-0.2, -0.15) is 0 Å². The van der Waals surface area contributed by atoms with Crippen LogP contribution >= 0.6 is 11.3 Å². The van der Waals surface area contributed by atoms with E-state index in [1.54, 1.807) is 21.9 Å². The van der Waals surface area contributed by atoms with Crippen LogP contribution in [0.2, 0.25) is 0 Å². The number of para-hydroxylation sites is 1. The number of nitrogens with zero attached hydrogens (tertiary/aromatic N) is 4. The Labute approximate surface area is 177 Å². The molecule has 0 bridgehead atoms. The van der Waals surface area contributed by atoms with Crippen molar-refractivity contribution in [3.63, 3.8) is 0 Å². The monoisotopic (exact) mass is 420 g/mol. The van der Waals surface area contributed by atoms with Crippen LogP contribution in [-0.4, -0.2) is 57.3 Å². The van der Waals surface area contributed by atoms with Crippen LogP contribution in [-0.2, 0) is 7.05 Å². The van der Waals surface area contributed by atoms with Crippen molar-refractivity contribution in [1.82, 2.24) is 19.4 Å². The molecular weight excluding hydrogens is 400 g/mol. The van der Waals surface area contributed by atoms with Gasteiger partial charge in [0.25, 0.3) is 11.8 Å². The third-order valence-corrected chi connectivity index (χ3v) is 6.34. The van der Waals surface area contributed by atoms with Crippen molar-refractivity contribution in [3.8, 4) is 10.7 Å². The molecule has 7 nitrogen and oxygen atoms in total. The third kappa shape index (κ3) is 3.19. The van der Waals surface area contributed by atoms with Crippen LogP contribution in [0.1, 0.15) is 21.0 Å². The van der Waals surface area contributed by atoms with Crippen molar-refractivity contribution in [2.24, 2.45) is 7.05 Å². The Morgan fingerprint density at radius 3 is 2.43 bits per heavy atom. The standard InChI is InChI=1S/C22H20N4O3S/c1-24-17-6-3-2-5-15(17)13-18(24)20-23-16(14-30-20)21(27)25-8-10-26(11-9-25)22(28)19-7-4-12-29-19/h2-7,12-14H,8-11H2,1H3. The number of piperazine rings is 1. The summed E-state index contributed by atoms with van der Waals surface area (Å²) >= 11 is 1.47. The fourth-order valence-corrected chi connectivity index (χ4v) is 4.66. The number of hydrogen-bond acceptors (Lipinski definition) is 5. The lowest BCUT2D eigenvalue weighted by atomic mass is 10.2. The van der Waals surface area contributed by atoms with Gasteiger partial charge in [-0.1, -0.05) is 18.2 Å². The number of rotatable bonds is 3. The van der Waals surface area contributed by atoms with E-state index < -0.39 is 0 Å². The van der Waals surface area contributed by atoms with Gasteiger partial charge >= 0.3 is 0 Å². The minimum Gasteiger partial charge on any atom is -0.459 e. The van der Waals surface area contributed by atoms with E-state index in [1.807, 2.05) is 24.6 Å². The van der Waals surface area contributed by atoms with Crippen molar-refractivity contribution in [2.75, 3.05) is 26.2 Å². The van der Waals surface area contributed by atoms with Crippen molar-refractivity contribution in [1.29, 1.82) is 0 Å². The van der Waals surface area contributed by atoms with Gasteiger partial charge < -0.3 is 18.8 Å². The predicted octanol–water partition coefficient (Wildman–Crippen LogP) is 3.49. The Hall–Kier alpha value is -3.39. The van der Waals surface area contributed by atoms with Crippen molar-refractivity contribution >= 4 is 34.1 Å². The Morgan fingerprint density at radius 1 is 1.00 bits per heavy atom. The van der Waals surface area contributed by atoms with E-state index >= 15 is 0 Å². The normalized spacial score (nSPS) is 14.4. The summed E-state index contributed by atoms with van der Waals surface area (Å²) in [5.41, 5.74) is 2.58. The van der Waals surface area contributed by atoms with Gasteiger partial charge in [0, 0.05) is 49.5 Å². The number of hydrogen-bond donors (Lipinski definition) is 0.